The third kappa shape index (κ3) is 6.83. The molecular weight excluding hydrogens is 595 g/mol. The molecule has 0 saturated carbocycles. The van der Waals surface area contributed by atoms with Crippen LogP contribution in [-0.4, -0.2) is 81.2 Å². The molecule has 1 aliphatic heterocycles. The number of benzene rings is 1. The van der Waals surface area contributed by atoms with Gasteiger partial charge in [0, 0.05) is 48.5 Å². The summed E-state index contributed by atoms with van der Waals surface area (Å²) in [6.45, 7) is 3.44. The number of likely N-dealkylation sites (N-methyl/N-ethyl adjacent to an activating group) is 1. The number of carbonyl (C=O) groups is 1. The van der Waals surface area contributed by atoms with Gasteiger partial charge in [-0.25, -0.2) is 14.4 Å². The van der Waals surface area contributed by atoms with E-state index >= 15 is 0 Å². The second-order valence-corrected chi connectivity index (χ2v) is 12.3. The van der Waals surface area contributed by atoms with Crippen molar-refractivity contribution in [3.05, 3.63) is 72.9 Å². The van der Waals surface area contributed by atoms with Crippen LogP contribution in [-0.2, 0) is 4.79 Å². The molecule has 0 bridgehead atoms. The lowest BCUT2D eigenvalue weighted by Crippen LogP contribution is -2.30. The van der Waals surface area contributed by atoms with Crippen molar-refractivity contribution in [1.82, 2.24) is 40.3 Å². The fourth-order valence-corrected chi connectivity index (χ4v) is 6.13. The summed E-state index contributed by atoms with van der Waals surface area (Å²) in [7, 11) is 4.01. The molecule has 5 N–H and O–H groups in total. The van der Waals surface area contributed by atoms with E-state index in [2.05, 4.69) is 46.0 Å². The second kappa shape index (κ2) is 13.3. The smallest absolute Gasteiger partial charge is 0.224 e. The molecule has 1 aromatic carbocycles. The molecule has 1 fully saturated rings. The van der Waals surface area contributed by atoms with Gasteiger partial charge in [0.2, 0.25) is 5.91 Å². The molecule has 11 nitrogen and oxygen atoms in total. The molecule has 0 unspecified atom stereocenters. The van der Waals surface area contributed by atoms with Crippen LogP contribution in [0.4, 0.5) is 15.8 Å². The Kier molecular flexibility index (Phi) is 8.60. The Hall–Kier alpha value is -5.20. The quantitative estimate of drug-likeness (QED) is 0.130. The van der Waals surface area contributed by atoms with Crippen molar-refractivity contribution in [3.8, 4) is 33.8 Å². The van der Waals surface area contributed by atoms with Crippen LogP contribution < -0.4 is 16.0 Å². The van der Waals surface area contributed by atoms with E-state index in [0.29, 0.717) is 47.1 Å². The summed E-state index contributed by atoms with van der Waals surface area (Å²) in [5.74, 6) is 0.0806. The Morgan fingerprint density at radius 2 is 1.87 bits per heavy atom. The van der Waals surface area contributed by atoms with Crippen LogP contribution >= 0.6 is 0 Å². The number of aromatic nitrogens is 6. The van der Waals surface area contributed by atoms with E-state index in [1.54, 1.807) is 18.6 Å². The number of hydrogen-bond acceptors (Lipinski definition) is 8. The number of rotatable bonds is 10. The number of nitrogens with one attached hydrogen (secondary N) is 5. The van der Waals surface area contributed by atoms with E-state index in [1.807, 2.05) is 50.5 Å². The molecule has 0 spiro atoms. The first-order chi connectivity index (χ1) is 22.9. The number of nitrogens with zero attached hydrogens (tertiary/aromatic N) is 5. The van der Waals surface area contributed by atoms with Crippen LogP contribution in [0.15, 0.2) is 67.1 Å². The first kappa shape index (κ1) is 30.5. The zero-order chi connectivity index (χ0) is 32.3. The minimum absolute atomic E-state index is 0.00164. The highest BCUT2D eigenvalue weighted by molar-refractivity contribution is 5.99. The largest absolute Gasteiger partial charge is 0.384 e. The summed E-state index contributed by atoms with van der Waals surface area (Å²) in [4.78, 5) is 32.1. The van der Waals surface area contributed by atoms with Crippen LogP contribution in [0.1, 0.15) is 19.3 Å². The van der Waals surface area contributed by atoms with Crippen molar-refractivity contribution in [1.29, 1.82) is 0 Å². The third-order valence-electron chi connectivity index (χ3n) is 8.54. The van der Waals surface area contributed by atoms with Crippen LogP contribution in [0.2, 0.25) is 0 Å². The first-order valence-corrected chi connectivity index (χ1v) is 15.9. The Morgan fingerprint density at radius 3 is 2.72 bits per heavy atom. The lowest BCUT2D eigenvalue weighted by Gasteiger charge is -2.21. The van der Waals surface area contributed by atoms with Gasteiger partial charge in [-0.15, -0.1) is 0 Å². The highest BCUT2D eigenvalue weighted by Crippen LogP contribution is 2.35. The lowest BCUT2D eigenvalue weighted by molar-refractivity contribution is -0.117. The Bertz CT molecular complexity index is 2050. The molecule has 240 valence electrons. The average Bonchev–Trinajstić information content (AvgIpc) is 3.69. The van der Waals surface area contributed by atoms with E-state index in [1.165, 1.54) is 12.1 Å². The minimum atomic E-state index is -0.314. The van der Waals surface area contributed by atoms with Gasteiger partial charge in [-0.2, -0.15) is 5.10 Å². The summed E-state index contributed by atoms with van der Waals surface area (Å²) in [6, 6.07) is 14.6. The molecule has 6 aromatic rings. The molecular formula is C35H37FN10O. The maximum atomic E-state index is 14.7. The van der Waals surface area contributed by atoms with Gasteiger partial charge < -0.3 is 25.8 Å². The molecule has 1 aliphatic rings. The number of anilines is 2. The Balaban J connectivity index is 1.16. The summed E-state index contributed by atoms with van der Waals surface area (Å²) >= 11 is 0. The van der Waals surface area contributed by atoms with Gasteiger partial charge >= 0.3 is 0 Å². The lowest BCUT2D eigenvalue weighted by atomic mass is 9.94. The predicted molar refractivity (Wildman–Crippen MR) is 183 cm³/mol. The van der Waals surface area contributed by atoms with Crippen LogP contribution in [0, 0.1) is 11.7 Å². The second-order valence-electron chi connectivity index (χ2n) is 12.3. The van der Waals surface area contributed by atoms with Gasteiger partial charge in [0.05, 0.1) is 28.8 Å². The number of aromatic amines is 2. The average molecular weight is 633 g/mol. The van der Waals surface area contributed by atoms with Crippen LogP contribution in [0.5, 0.6) is 0 Å². The Morgan fingerprint density at radius 1 is 1.02 bits per heavy atom. The number of pyridine rings is 3. The van der Waals surface area contributed by atoms with Crippen molar-refractivity contribution in [3.63, 3.8) is 0 Å². The molecule has 6 heterocycles. The first-order valence-electron chi connectivity index (χ1n) is 15.9. The van der Waals surface area contributed by atoms with Gasteiger partial charge in [0.25, 0.3) is 0 Å². The SMILES string of the molecule is CN(C)CCNc1cc(F)cc(-c2ccnc3[nH]c(-c4n[nH]c5ccc(-c6cncc(NC(=O)CC7CCNCC7)c6)nc45)cc23)c1. The number of H-pyrrole nitrogens is 2. The summed E-state index contributed by atoms with van der Waals surface area (Å²) in [5.41, 5.74) is 7.91. The highest BCUT2D eigenvalue weighted by Gasteiger charge is 2.19. The number of piperidine rings is 1. The fraction of sp³-hybridized carbons (Fsp3) is 0.286. The van der Waals surface area contributed by atoms with Crippen LogP contribution in [0.3, 0.4) is 0 Å². The molecule has 0 aliphatic carbocycles. The zero-order valence-electron chi connectivity index (χ0n) is 26.4. The molecule has 5 aromatic heterocycles. The number of fused-ring (bicyclic) bond motifs is 2. The standard InChI is InChI=1S/C35H37FN10O/c1-46(2)12-11-39-25-15-22(14-24(36)17-25)27-7-10-40-35-28(27)18-31(43-35)34-33-30(44-45-34)4-3-29(42-33)23-16-26(20-38-19-23)41-32(47)13-21-5-8-37-9-6-21/h3-4,7,10,14-21,37,39H,5-6,8-9,11-13H2,1-2H3,(H,40,43)(H,41,47)(H,44,45). The maximum Gasteiger partial charge on any atom is 0.224 e. The third-order valence-corrected chi connectivity index (χ3v) is 8.54. The van der Waals surface area contributed by atoms with E-state index < -0.39 is 0 Å². The van der Waals surface area contributed by atoms with Crippen molar-refractivity contribution in [2.75, 3.05) is 50.9 Å². The normalized spacial score (nSPS) is 13.9. The van der Waals surface area contributed by atoms with Gasteiger partial charge in [0.15, 0.2) is 0 Å². The van der Waals surface area contributed by atoms with E-state index in [9.17, 15) is 9.18 Å². The van der Waals surface area contributed by atoms with Crippen LogP contribution in [0.25, 0.3) is 55.8 Å². The van der Waals surface area contributed by atoms with Crippen molar-refractivity contribution in [2.24, 2.45) is 5.92 Å². The molecule has 1 amide bonds. The Labute approximate surface area is 271 Å². The summed E-state index contributed by atoms with van der Waals surface area (Å²) in [6.07, 6.45) is 7.63. The fourth-order valence-electron chi connectivity index (χ4n) is 6.13. The molecule has 12 heteroatoms. The highest BCUT2D eigenvalue weighted by atomic mass is 19.1. The number of carbonyl (C=O) groups excluding carboxylic acids is 1. The van der Waals surface area contributed by atoms with Gasteiger partial charge in [0.1, 0.15) is 22.7 Å². The van der Waals surface area contributed by atoms with Gasteiger partial charge in [-0.3, -0.25) is 14.9 Å². The van der Waals surface area contributed by atoms with Gasteiger partial charge in [-0.05, 0) is 106 Å². The minimum Gasteiger partial charge on any atom is -0.384 e. The number of amides is 1. The van der Waals surface area contributed by atoms with Crippen molar-refractivity contribution < 1.29 is 9.18 Å². The molecule has 47 heavy (non-hydrogen) atoms. The summed E-state index contributed by atoms with van der Waals surface area (Å²) in [5, 5.41) is 18.2. The maximum absolute atomic E-state index is 14.7. The summed E-state index contributed by atoms with van der Waals surface area (Å²) < 4.78 is 14.7. The topological polar surface area (TPSA) is 140 Å². The van der Waals surface area contributed by atoms with E-state index in [-0.39, 0.29) is 11.7 Å². The number of halogens is 1. The predicted octanol–water partition coefficient (Wildman–Crippen LogP) is 5.67. The zero-order valence-corrected chi connectivity index (χ0v) is 26.4. The molecule has 7 rings (SSSR count). The molecule has 0 atom stereocenters. The number of hydrogen-bond donors (Lipinski definition) is 5. The van der Waals surface area contributed by atoms with Gasteiger partial charge in [-0.1, -0.05) is 0 Å². The monoisotopic (exact) mass is 632 g/mol. The van der Waals surface area contributed by atoms with E-state index in [0.717, 1.165) is 71.5 Å². The van der Waals surface area contributed by atoms with Crippen molar-refractivity contribution >= 4 is 39.3 Å². The molecule has 0 radical (unpaired) electrons. The van der Waals surface area contributed by atoms with Crippen molar-refractivity contribution in [2.45, 2.75) is 19.3 Å². The van der Waals surface area contributed by atoms with E-state index in [4.69, 9.17) is 4.98 Å². The molecule has 1 saturated heterocycles.